The van der Waals surface area contributed by atoms with Crippen LogP contribution in [0.4, 0.5) is 0 Å². The van der Waals surface area contributed by atoms with E-state index in [0.717, 1.165) is 77.4 Å². The minimum absolute atomic E-state index is 0.0877. The number of aliphatic hydroxyl groups is 1. The molecule has 0 aromatic heterocycles. The van der Waals surface area contributed by atoms with Crippen LogP contribution in [0.1, 0.15) is 60.1 Å². The lowest BCUT2D eigenvalue weighted by Crippen LogP contribution is -2.32. The Hall–Kier alpha value is -5.37. The van der Waals surface area contributed by atoms with Crippen LogP contribution in [0.2, 0.25) is 0 Å². The van der Waals surface area contributed by atoms with Crippen LogP contribution < -0.4 is 33.2 Å². The largest absolute Gasteiger partial charge is 0.496 e. The number of nitriles is 1. The molecule has 0 saturated carbocycles. The highest BCUT2D eigenvalue weighted by Crippen LogP contribution is 2.40. The fourth-order valence-corrected chi connectivity index (χ4v) is 6.66. The lowest BCUT2D eigenvalue weighted by atomic mass is 9.69. The van der Waals surface area contributed by atoms with Crippen LogP contribution in [0.25, 0.3) is 12.2 Å². The second kappa shape index (κ2) is 22.2. The number of hydrogen-bond donors (Lipinski definition) is 1. The molecule has 4 aromatic carbocycles. The molecule has 1 atom stereocenters. The molecule has 10 heteroatoms. The number of likely N-dealkylation sites (N-methyl/N-ethyl adjacent to an activating group) is 1. The number of methoxy groups -OCH3 is 7. The molecule has 0 radical (unpaired) electrons. The fourth-order valence-electron chi connectivity index (χ4n) is 6.66. The molecule has 1 N–H and O–H groups in total. The smallest absolute Gasteiger partial charge is 0.203 e. The van der Waals surface area contributed by atoms with Crippen molar-refractivity contribution >= 4 is 12.2 Å². The summed E-state index contributed by atoms with van der Waals surface area (Å²) in [6, 6.07) is 24.2. The summed E-state index contributed by atoms with van der Waals surface area (Å²) in [5, 5.41) is 19.8. The highest BCUT2D eigenvalue weighted by Gasteiger charge is 2.36. The van der Waals surface area contributed by atoms with E-state index >= 15 is 0 Å². The molecule has 0 saturated heterocycles. The molecular weight excluding hydrogens is 709 g/mol. The van der Waals surface area contributed by atoms with Gasteiger partial charge in [0, 0.05) is 12.1 Å². The standard InChI is InChI=1S/C27H38N2O4.C19H22O4/c1-20(2)27(19-28,23-10-9-22(18-30)25(17-23)32-5)13-7-14-29(3)15-12-21-8-11-24(31-4)26(16-21)33-6;1-13-10-14(8-9-16(13)20-2)6-7-15-11-17(21-3)19(23-5)18(12-15)22-4/h8-11,16-17,20,30H,7,12-15,18H2,1-6H3;6-12H,1-5H3/b;7-6-. The molecule has 0 spiro atoms. The normalized spacial score (nSPS) is 12.0. The van der Waals surface area contributed by atoms with Crippen LogP contribution >= 0.6 is 0 Å². The Morgan fingerprint density at radius 3 is 1.82 bits per heavy atom. The SMILES string of the molecule is COc1cc(C(C#N)(CCCN(C)CCc2ccc(OC)c(OC)c2)C(C)C)ccc1CO.COc1ccc(/C=C\c2cc(OC)c(OC)c(OC)c2)cc1C. The number of hydrogen-bond acceptors (Lipinski definition) is 10. The summed E-state index contributed by atoms with van der Waals surface area (Å²) in [6.45, 7) is 7.93. The maximum atomic E-state index is 10.2. The average Bonchev–Trinajstić information content (AvgIpc) is 3.22. The maximum Gasteiger partial charge on any atom is 0.203 e. The number of rotatable bonds is 19. The number of aliphatic hydroxyl groups excluding tert-OH is 1. The van der Waals surface area contributed by atoms with Crippen molar-refractivity contribution in [2.45, 2.75) is 52.1 Å². The predicted molar refractivity (Wildman–Crippen MR) is 224 cm³/mol. The first-order chi connectivity index (χ1) is 27.0. The van der Waals surface area contributed by atoms with Crippen LogP contribution in [0, 0.1) is 24.2 Å². The molecule has 302 valence electrons. The lowest BCUT2D eigenvalue weighted by Gasteiger charge is -2.32. The molecule has 56 heavy (non-hydrogen) atoms. The van der Waals surface area contributed by atoms with Crippen molar-refractivity contribution in [3.05, 3.63) is 100 Å². The lowest BCUT2D eigenvalue weighted by molar-refractivity contribution is 0.272. The van der Waals surface area contributed by atoms with Crippen molar-refractivity contribution in [1.82, 2.24) is 4.90 Å². The van der Waals surface area contributed by atoms with E-state index < -0.39 is 5.41 Å². The van der Waals surface area contributed by atoms with Gasteiger partial charge in [-0.3, -0.25) is 0 Å². The molecule has 10 nitrogen and oxygen atoms in total. The van der Waals surface area contributed by atoms with E-state index in [2.05, 4.69) is 44.0 Å². The van der Waals surface area contributed by atoms with E-state index in [1.165, 1.54) is 5.56 Å². The third-order valence-corrected chi connectivity index (χ3v) is 10.1. The molecule has 0 bridgehead atoms. The van der Waals surface area contributed by atoms with Crippen LogP contribution in [-0.2, 0) is 18.4 Å². The van der Waals surface area contributed by atoms with Crippen molar-refractivity contribution in [2.75, 3.05) is 69.9 Å². The number of nitrogens with zero attached hydrogens (tertiary/aromatic N) is 2. The second-order valence-electron chi connectivity index (χ2n) is 13.8. The van der Waals surface area contributed by atoms with Crippen molar-refractivity contribution in [3.8, 4) is 46.3 Å². The summed E-state index contributed by atoms with van der Waals surface area (Å²) < 4.78 is 37.5. The summed E-state index contributed by atoms with van der Waals surface area (Å²) in [7, 11) is 13.5. The highest BCUT2D eigenvalue weighted by molar-refractivity contribution is 5.73. The van der Waals surface area contributed by atoms with E-state index in [4.69, 9.17) is 33.2 Å². The molecule has 4 aromatic rings. The van der Waals surface area contributed by atoms with E-state index in [1.807, 2.05) is 73.7 Å². The molecule has 0 aliphatic rings. The fraction of sp³-hybridized carbons (Fsp3) is 0.413. The third kappa shape index (κ3) is 11.6. The second-order valence-corrected chi connectivity index (χ2v) is 13.8. The van der Waals surface area contributed by atoms with E-state index in [1.54, 1.807) is 49.8 Å². The van der Waals surface area contributed by atoms with Crippen molar-refractivity contribution in [3.63, 3.8) is 0 Å². The zero-order chi connectivity index (χ0) is 41.3. The molecule has 0 aliphatic heterocycles. The van der Waals surface area contributed by atoms with Gasteiger partial charge >= 0.3 is 0 Å². The molecule has 4 rings (SSSR count). The van der Waals surface area contributed by atoms with Gasteiger partial charge in [-0.1, -0.05) is 50.3 Å². The van der Waals surface area contributed by atoms with Gasteiger partial charge in [-0.25, -0.2) is 0 Å². The first-order valence-electron chi connectivity index (χ1n) is 18.7. The third-order valence-electron chi connectivity index (χ3n) is 10.1. The molecule has 0 heterocycles. The number of aryl methyl sites for hydroxylation is 1. The van der Waals surface area contributed by atoms with Gasteiger partial charge in [0.15, 0.2) is 23.0 Å². The minimum Gasteiger partial charge on any atom is -0.496 e. The first-order valence-corrected chi connectivity index (χ1v) is 18.7. The number of ether oxygens (including phenoxy) is 7. The number of benzene rings is 4. The van der Waals surface area contributed by atoms with Gasteiger partial charge in [-0.2, -0.15) is 5.26 Å². The Balaban J connectivity index is 0.000000320. The van der Waals surface area contributed by atoms with E-state index in [0.29, 0.717) is 23.0 Å². The highest BCUT2D eigenvalue weighted by atomic mass is 16.5. The van der Waals surface area contributed by atoms with E-state index in [-0.39, 0.29) is 12.5 Å². The Morgan fingerprint density at radius 1 is 0.679 bits per heavy atom. The zero-order valence-electron chi connectivity index (χ0n) is 35.0. The van der Waals surface area contributed by atoms with Crippen LogP contribution in [0.3, 0.4) is 0 Å². The molecule has 1 unspecified atom stereocenters. The predicted octanol–water partition coefficient (Wildman–Crippen LogP) is 8.78. The summed E-state index contributed by atoms with van der Waals surface area (Å²) in [5.41, 5.74) is 5.42. The van der Waals surface area contributed by atoms with E-state index in [9.17, 15) is 10.4 Å². The summed E-state index contributed by atoms with van der Waals surface area (Å²) >= 11 is 0. The monoisotopic (exact) mass is 768 g/mol. The van der Waals surface area contributed by atoms with Crippen molar-refractivity contribution in [1.29, 1.82) is 5.26 Å². The Morgan fingerprint density at radius 2 is 1.29 bits per heavy atom. The molecule has 0 fully saturated rings. The Labute approximate surface area is 334 Å². The van der Waals surface area contributed by atoms with Crippen LogP contribution in [0.15, 0.2) is 66.7 Å². The van der Waals surface area contributed by atoms with Gasteiger partial charge in [0.25, 0.3) is 0 Å². The average molecular weight is 769 g/mol. The Bertz CT molecular complexity index is 1890. The van der Waals surface area contributed by atoms with Gasteiger partial charge in [0.05, 0.1) is 67.9 Å². The topological polar surface area (TPSA) is 112 Å². The molecular formula is C46H60N2O8. The van der Waals surface area contributed by atoms with Gasteiger partial charge in [-0.15, -0.1) is 0 Å². The summed E-state index contributed by atoms with van der Waals surface area (Å²) in [5.74, 6) is 5.00. The maximum absolute atomic E-state index is 10.2. The van der Waals surface area contributed by atoms with Crippen LogP contribution in [0.5, 0.6) is 40.2 Å². The Kier molecular flexibility index (Phi) is 17.9. The van der Waals surface area contributed by atoms with Crippen LogP contribution in [-0.4, -0.2) is 79.9 Å². The van der Waals surface area contributed by atoms with Gasteiger partial charge in [0.1, 0.15) is 11.5 Å². The van der Waals surface area contributed by atoms with Gasteiger partial charge in [0.2, 0.25) is 5.75 Å². The van der Waals surface area contributed by atoms with Gasteiger partial charge in [-0.05, 0) is 116 Å². The summed E-state index contributed by atoms with van der Waals surface area (Å²) in [6.07, 6.45) is 6.60. The van der Waals surface area contributed by atoms with Gasteiger partial charge < -0.3 is 43.2 Å². The van der Waals surface area contributed by atoms with Crippen molar-refractivity contribution in [2.24, 2.45) is 5.92 Å². The summed E-state index contributed by atoms with van der Waals surface area (Å²) in [4.78, 5) is 2.30. The molecule has 0 aliphatic carbocycles. The quantitative estimate of drug-likeness (QED) is 0.0930. The first kappa shape index (κ1) is 45.0. The minimum atomic E-state index is -0.606. The molecule has 0 amide bonds. The van der Waals surface area contributed by atoms with Crippen molar-refractivity contribution < 1.29 is 38.3 Å². The zero-order valence-corrected chi connectivity index (χ0v) is 35.0.